The van der Waals surface area contributed by atoms with Crippen LogP contribution in [0.3, 0.4) is 0 Å². The number of rotatable bonds is 6. The predicted octanol–water partition coefficient (Wildman–Crippen LogP) is 3.45. The Labute approximate surface area is 151 Å². The zero-order valence-electron chi connectivity index (χ0n) is 14.3. The van der Waals surface area contributed by atoms with E-state index in [1.165, 1.54) is 43.4 Å². The molecule has 1 aromatic carbocycles. The molecule has 6 nitrogen and oxygen atoms in total. The van der Waals surface area contributed by atoms with Crippen molar-refractivity contribution in [1.82, 2.24) is 4.98 Å². The monoisotopic (exact) mass is 324 g/mol. The molecule has 0 saturated heterocycles. The van der Waals surface area contributed by atoms with Crippen molar-refractivity contribution in [2.24, 2.45) is 0 Å². The number of aliphatic hydroxyl groups excluding tert-OH is 1. The number of benzene rings is 1. The molecule has 2 aromatic rings. The van der Waals surface area contributed by atoms with E-state index in [1.807, 2.05) is 0 Å². The van der Waals surface area contributed by atoms with Gasteiger partial charge in [-0.2, -0.15) is 0 Å². The van der Waals surface area contributed by atoms with Gasteiger partial charge in [0.2, 0.25) is 5.88 Å². The van der Waals surface area contributed by atoms with Gasteiger partial charge in [-0.1, -0.05) is 12.1 Å². The van der Waals surface area contributed by atoms with E-state index in [1.54, 1.807) is 24.3 Å². The Hall–Kier alpha value is -1.87. The minimum atomic E-state index is -1.10. The van der Waals surface area contributed by atoms with E-state index in [2.05, 4.69) is 29.6 Å². The Morgan fingerprint density at radius 3 is 2.50 bits per heavy atom. The number of methoxy groups -OCH3 is 1. The SMILES string of the molecule is COc1ccc(C(O)c2ccccc2[N+](=O)[O-])cn1.[Li][CH2]CCC. The molecule has 24 heavy (non-hydrogen) atoms. The van der Waals surface area contributed by atoms with Gasteiger partial charge in [-0.05, 0) is 12.1 Å². The van der Waals surface area contributed by atoms with Crippen molar-refractivity contribution < 1.29 is 14.8 Å². The Morgan fingerprint density at radius 2 is 2.04 bits per heavy atom. The zero-order valence-corrected chi connectivity index (χ0v) is 14.3. The average Bonchev–Trinajstić information content (AvgIpc) is 2.62. The Balaban J connectivity index is 0.000000505. The summed E-state index contributed by atoms with van der Waals surface area (Å²) in [7, 11) is 1.49. The van der Waals surface area contributed by atoms with Crippen LogP contribution in [0.2, 0.25) is 5.09 Å². The Kier molecular flexibility index (Phi) is 9.09. The first-order chi connectivity index (χ1) is 11.5. The van der Waals surface area contributed by atoms with E-state index < -0.39 is 11.0 Å². The first-order valence-corrected chi connectivity index (χ1v) is 7.96. The molecule has 0 aliphatic heterocycles. The zero-order chi connectivity index (χ0) is 17.9. The number of nitrogens with zero attached hydrogens (tertiary/aromatic N) is 2. The van der Waals surface area contributed by atoms with Crippen molar-refractivity contribution in [1.29, 1.82) is 0 Å². The van der Waals surface area contributed by atoms with Crippen LogP contribution < -0.4 is 4.74 Å². The summed E-state index contributed by atoms with van der Waals surface area (Å²) in [6.45, 7) is 2.21. The van der Waals surface area contributed by atoms with Gasteiger partial charge in [-0.25, -0.2) is 4.98 Å². The van der Waals surface area contributed by atoms with Gasteiger partial charge in [-0.15, -0.1) is 0 Å². The maximum absolute atomic E-state index is 10.9. The van der Waals surface area contributed by atoms with Crippen LogP contribution in [0, 0.1) is 10.1 Å². The Bertz CT molecular complexity index is 633. The quantitative estimate of drug-likeness (QED) is 0.500. The standard InChI is InChI=1S/C13H12N2O4.C4H9.Li/c1-19-12-7-6-9(8-14-12)13(16)10-4-2-3-5-11(10)15(17)18;1-3-4-2;/h2-8,13,16H,1H3;1,3-4H2,2H3;. The number of hydrogen-bond donors (Lipinski definition) is 1. The summed E-state index contributed by atoms with van der Waals surface area (Å²) in [4.78, 5) is 14.4. The summed E-state index contributed by atoms with van der Waals surface area (Å²) < 4.78 is 4.92. The predicted molar refractivity (Wildman–Crippen MR) is 93.4 cm³/mol. The van der Waals surface area contributed by atoms with E-state index in [0.717, 1.165) is 0 Å². The number of unbranched alkanes of at least 4 members (excludes halogenated alkanes) is 1. The number of aromatic nitrogens is 1. The summed E-state index contributed by atoms with van der Waals surface area (Å²) in [5.41, 5.74) is 0.584. The summed E-state index contributed by atoms with van der Waals surface area (Å²) in [6.07, 6.45) is 3.07. The minimum absolute atomic E-state index is 0.120. The molecule has 0 aliphatic carbocycles. The fraction of sp³-hybridized carbons (Fsp3) is 0.353. The van der Waals surface area contributed by atoms with Gasteiger partial charge < -0.3 is 9.84 Å². The second-order valence-corrected chi connectivity index (χ2v) is 5.21. The average molecular weight is 324 g/mol. The van der Waals surface area contributed by atoms with E-state index in [9.17, 15) is 15.2 Å². The molecule has 1 N–H and O–H groups in total. The molecule has 1 unspecified atom stereocenters. The summed E-state index contributed by atoms with van der Waals surface area (Å²) in [5.74, 6) is 0.415. The molecular weight excluding hydrogens is 303 g/mol. The molecule has 0 radical (unpaired) electrons. The summed E-state index contributed by atoms with van der Waals surface area (Å²) in [5, 5.41) is 22.5. The molecule has 0 amide bonds. The van der Waals surface area contributed by atoms with Crippen molar-refractivity contribution in [2.75, 3.05) is 7.11 Å². The van der Waals surface area contributed by atoms with Crippen LogP contribution in [0.4, 0.5) is 5.69 Å². The van der Waals surface area contributed by atoms with E-state index >= 15 is 0 Å². The van der Waals surface area contributed by atoms with Gasteiger partial charge in [-0.3, -0.25) is 10.1 Å². The number of nitro groups is 1. The number of para-hydroxylation sites is 1. The van der Waals surface area contributed by atoms with Gasteiger partial charge in [0.25, 0.3) is 5.69 Å². The summed E-state index contributed by atoms with van der Waals surface area (Å²) in [6, 6.07) is 9.28. The molecule has 0 saturated carbocycles. The van der Waals surface area contributed by atoms with Gasteiger partial charge in [0.05, 0.1) is 17.6 Å². The summed E-state index contributed by atoms with van der Waals surface area (Å²) >= 11 is 2.21. The van der Waals surface area contributed by atoms with Crippen LogP contribution >= 0.6 is 0 Å². The van der Waals surface area contributed by atoms with Crippen LogP contribution in [0.5, 0.6) is 5.88 Å². The van der Waals surface area contributed by atoms with Crippen molar-refractivity contribution in [3.05, 3.63) is 63.8 Å². The van der Waals surface area contributed by atoms with Crippen molar-refractivity contribution >= 4 is 23.4 Å². The molecule has 2 rings (SSSR count). The molecule has 0 bridgehead atoms. The van der Waals surface area contributed by atoms with Crippen LogP contribution in [-0.4, -0.2) is 39.8 Å². The molecule has 0 spiro atoms. The van der Waals surface area contributed by atoms with Crippen LogP contribution in [0.15, 0.2) is 42.6 Å². The molecule has 0 fully saturated rings. The topological polar surface area (TPSA) is 85.5 Å². The van der Waals surface area contributed by atoms with E-state index in [0.29, 0.717) is 11.4 Å². The first-order valence-electron chi connectivity index (χ1n) is 7.96. The molecule has 124 valence electrons. The van der Waals surface area contributed by atoms with Crippen LogP contribution in [0.1, 0.15) is 37.0 Å². The molecule has 1 aromatic heterocycles. The fourth-order valence-electron chi connectivity index (χ4n) is 2.09. The van der Waals surface area contributed by atoms with Crippen molar-refractivity contribution in [2.45, 2.75) is 31.0 Å². The number of nitro benzene ring substituents is 1. The van der Waals surface area contributed by atoms with Crippen LogP contribution in [-0.2, 0) is 0 Å². The number of pyridine rings is 1. The Morgan fingerprint density at radius 1 is 1.33 bits per heavy atom. The molecule has 1 atom stereocenters. The number of ether oxygens (including phenoxy) is 1. The second-order valence-electron chi connectivity index (χ2n) is 5.21. The second kappa shape index (κ2) is 10.8. The third kappa shape index (κ3) is 5.97. The third-order valence-corrected chi connectivity index (χ3v) is 3.42. The van der Waals surface area contributed by atoms with Gasteiger partial charge in [0.15, 0.2) is 0 Å². The molecule has 7 heteroatoms. The number of aliphatic hydroxyl groups is 1. The van der Waals surface area contributed by atoms with Gasteiger partial charge in [0, 0.05) is 23.9 Å². The molecular formula is C17H21LiN2O4. The van der Waals surface area contributed by atoms with E-state index in [-0.39, 0.29) is 11.3 Å². The molecule has 1 heterocycles. The maximum atomic E-state index is 10.9. The van der Waals surface area contributed by atoms with Crippen molar-refractivity contribution in [3.8, 4) is 5.88 Å². The van der Waals surface area contributed by atoms with Crippen molar-refractivity contribution in [3.63, 3.8) is 0 Å². The first kappa shape index (κ1) is 20.2. The normalized spacial score (nSPS) is 11.2. The third-order valence-electron chi connectivity index (χ3n) is 3.42. The number of hydrogen-bond acceptors (Lipinski definition) is 5. The van der Waals surface area contributed by atoms with Crippen LogP contribution in [0.25, 0.3) is 0 Å². The van der Waals surface area contributed by atoms with Gasteiger partial charge in [0.1, 0.15) is 6.10 Å². The van der Waals surface area contributed by atoms with Gasteiger partial charge >= 0.3 is 42.6 Å². The van der Waals surface area contributed by atoms with E-state index in [4.69, 9.17) is 4.74 Å². The fourth-order valence-corrected chi connectivity index (χ4v) is 2.09. The molecule has 0 aliphatic rings.